The van der Waals surface area contributed by atoms with Crippen molar-refractivity contribution in [2.45, 2.75) is 6.42 Å². The van der Waals surface area contributed by atoms with Gasteiger partial charge in [0.2, 0.25) is 0 Å². The maximum absolute atomic E-state index is 10.5. The summed E-state index contributed by atoms with van der Waals surface area (Å²) in [4.78, 5) is 14.1. The molecule has 0 aliphatic carbocycles. The predicted molar refractivity (Wildman–Crippen MR) is 52.5 cm³/mol. The van der Waals surface area contributed by atoms with E-state index >= 15 is 0 Å². The average molecular weight is 202 g/mol. The van der Waals surface area contributed by atoms with Crippen molar-refractivity contribution >= 4 is 6.09 Å². The number of carbonyl (C=O) groups is 1. The van der Waals surface area contributed by atoms with Gasteiger partial charge in [0.1, 0.15) is 0 Å². The Morgan fingerprint density at radius 3 is 2.71 bits per heavy atom. The first kappa shape index (κ1) is 11.3. The van der Waals surface area contributed by atoms with Crippen molar-refractivity contribution in [3.63, 3.8) is 0 Å². The summed E-state index contributed by atoms with van der Waals surface area (Å²) < 4.78 is 5.22. The minimum absolute atomic E-state index is 0.604. The van der Waals surface area contributed by atoms with Gasteiger partial charge < -0.3 is 14.7 Å². The number of carboxylic acid groups (broad SMARTS) is 1. The summed E-state index contributed by atoms with van der Waals surface area (Å²) in [6.45, 7) is 5.10. The molecule has 1 N–H and O–H groups in total. The number of morpholine rings is 1. The third kappa shape index (κ3) is 3.93. The molecular weight excluding hydrogens is 184 g/mol. The van der Waals surface area contributed by atoms with Crippen molar-refractivity contribution < 1.29 is 14.6 Å². The van der Waals surface area contributed by atoms with Gasteiger partial charge >= 0.3 is 6.09 Å². The standard InChI is InChI=1S/C9H18N2O3/c1-10(9(12)13)3-2-4-11-5-7-14-8-6-11/h2-8H2,1H3,(H,12,13). The molecule has 0 aromatic heterocycles. The number of amides is 1. The van der Waals surface area contributed by atoms with Crippen LogP contribution in [0.1, 0.15) is 6.42 Å². The molecule has 1 aliphatic rings. The number of nitrogens with zero attached hydrogens (tertiary/aromatic N) is 2. The molecule has 0 radical (unpaired) electrons. The molecule has 1 aliphatic heterocycles. The topological polar surface area (TPSA) is 53.0 Å². The lowest BCUT2D eigenvalue weighted by Gasteiger charge is -2.27. The van der Waals surface area contributed by atoms with Crippen LogP contribution in [0.4, 0.5) is 4.79 Å². The van der Waals surface area contributed by atoms with Crippen LogP contribution in [0.15, 0.2) is 0 Å². The van der Waals surface area contributed by atoms with Crippen LogP contribution in [0.2, 0.25) is 0 Å². The second kappa shape index (κ2) is 5.82. The Kier molecular flexibility index (Phi) is 4.69. The molecule has 0 unspecified atom stereocenters. The third-order valence-electron chi connectivity index (χ3n) is 2.40. The summed E-state index contributed by atoms with van der Waals surface area (Å²) in [5.74, 6) is 0. The monoisotopic (exact) mass is 202 g/mol. The Hall–Kier alpha value is -0.810. The van der Waals surface area contributed by atoms with Crippen molar-refractivity contribution in [2.75, 3.05) is 46.4 Å². The molecule has 5 nitrogen and oxygen atoms in total. The fraction of sp³-hybridized carbons (Fsp3) is 0.889. The minimum atomic E-state index is -0.855. The van der Waals surface area contributed by atoms with Crippen LogP contribution >= 0.6 is 0 Å². The molecule has 1 fully saturated rings. The molecule has 0 bridgehead atoms. The summed E-state index contributed by atoms with van der Waals surface area (Å²) in [6.07, 6.45) is 0.0370. The smallest absolute Gasteiger partial charge is 0.407 e. The molecule has 82 valence electrons. The maximum atomic E-state index is 10.5. The highest BCUT2D eigenvalue weighted by molar-refractivity contribution is 5.64. The van der Waals surface area contributed by atoms with Crippen molar-refractivity contribution in [1.29, 1.82) is 0 Å². The normalized spacial score (nSPS) is 18.1. The molecule has 0 spiro atoms. The maximum Gasteiger partial charge on any atom is 0.407 e. The summed E-state index contributed by atoms with van der Waals surface area (Å²) in [6, 6.07) is 0. The molecule has 5 heteroatoms. The van der Waals surface area contributed by atoms with Crippen LogP contribution < -0.4 is 0 Å². The number of hydrogen-bond acceptors (Lipinski definition) is 3. The van der Waals surface area contributed by atoms with Crippen LogP contribution in [0.25, 0.3) is 0 Å². The van der Waals surface area contributed by atoms with Gasteiger partial charge in [-0.3, -0.25) is 4.90 Å². The fourth-order valence-corrected chi connectivity index (χ4v) is 1.45. The van der Waals surface area contributed by atoms with Gasteiger partial charge in [0.05, 0.1) is 13.2 Å². The van der Waals surface area contributed by atoms with E-state index < -0.39 is 6.09 Å². The Labute approximate surface area is 84.2 Å². The van der Waals surface area contributed by atoms with E-state index in [9.17, 15) is 4.79 Å². The zero-order valence-electron chi connectivity index (χ0n) is 8.61. The second-order valence-electron chi connectivity index (χ2n) is 3.51. The van der Waals surface area contributed by atoms with Crippen LogP contribution in [0.3, 0.4) is 0 Å². The molecule has 1 saturated heterocycles. The number of hydrogen-bond donors (Lipinski definition) is 1. The Bertz CT molecular complexity index is 181. The summed E-state index contributed by atoms with van der Waals surface area (Å²) in [5.41, 5.74) is 0. The van der Waals surface area contributed by atoms with Crippen LogP contribution in [0.5, 0.6) is 0 Å². The van der Waals surface area contributed by atoms with Gasteiger partial charge in [-0.2, -0.15) is 0 Å². The molecule has 1 rings (SSSR count). The fourth-order valence-electron chi connectivity index (χ4n) is 1.45. The van der Waals surface area contributed by atoms with Gasteiger partial charge in [-0.15, -0.1) is 0 Å². The van der Waals surface area contributed by atoms with Crippen molar-refractivity contribution in [3.8, 4) is 0 Å². The van der Waals surface area contributed by atoms with Gasteiger partial charge in [-0.25, -0.2) is 4.79 Å². The SMILES string of the molecule is CN(CCCN1CCOCC1)C(=O)O. The van der Waals surface area contributed by atoms with Crippen LogP contribution in [-0.2, 0) is 4.74 Å². The summed E-state index contributed by atoms with van der Waals surface area (Å²) in [7, 11) is 1.60. The quantitative estimate of drug-likeness (QED) is 0.713. The molecule has 14 heavy (non-hydrogen) atoms. The van der Waals surface area contributed by atoms with Gasteiger partial charge in [0, 0.05) is 33.2 Å². The van der Waals surface area contributed by atoms with Crippen LogP contribution in [0, 0.1) is 0 Å². The van der Waals surface area contributed by atoms with Crippen molar-refractivity contribution in [3.05, 3.63) is 0 Å². The van der Waals surface area contributed by atoms with E-state index in [1.54, 1.807) is 7.05 Å². The largest absolute Gasteiger partial charge is 0.465 e. The first-order chi connectivity index (χ1) is 6.70. The number of rotatable bonds is 4. The highest BCUT2D eigenvalue weighted by Gasteiger charge is 2.10. The van der Waals surface area contributed by atoms with E-state index in [0.717, 1.165) is 39.3 Å². The molecule has 1 amide bonds. The zero-order chi connectivity index (χ0) is 10.4. The van der Waals surface area contributed by atoms with Gasteiger partial charge in [0.25, 0.3) is 0 Å². The van der Waals surface area contributed by atoms with Crippen LogP contribution in [-0.4, -0.2) is 67.4 Å². The van der Waals surface area contributed by atoms with E-state index in [0.29, 0.717) is 6.54 Å². The number of ether oxygens (including phenoxy) is 1. The van der Waals surface area contributed by atoms with E-state index in [4.69, 9.17) is 9.84 Å². The summed E-state index contributed by atoms with van der Waals surface area (Å²) in [5, 5.41) is 8.61. The second-order valence-corrected chi connectivity index (χ2v) is 3.51. The van der Waals surface area contributed by atoms with Gasteiger partial charge in [0.15, 0.2) is 0 Å². The molecule has 0 aromatic rings. The molecule has 0 atom stereocenters. The van der Waals surface area contributed by atoms with Gasteiger partial charge in [-0.05, 0) is 6.42 Å². The minimum Gasteiger partial charge on any atom is -0.465 e. The third-order valence-corrected chi connectivity index (χ3v) is 2.40. The van der Waals surface area contributed by atoms with E-state index in [-0.39, 0.29) is 0 Å². The Morgan fingerprint density at radius 1 is 1.50 bits per heavy atom. The lowest BCUT2D eigenvalue weighted by Crippen LogP contribution is -2.38. The van der Waals surface area contributed by atoms with E-state index in [1.807, 2.05) is 0 Å². The van der Waals surface area contributed by atoms with E-state index in [1.165, 1.54) is 4.90 Å². The predicted octanol–water partition coefficient (Wildman–Crippen LogP) is 0.318. The Morgan fingerprint density at radius 2 is 2.14 bits per heavy atom. The molecule has 1 heterocycles. The zero-order valence-corrected chi connectivity index (χ0v) is 8.61. The molecule has 0 aromatic carbocycles. The first-order valence-corrected chi connectivity index (χ1v) is 4.94. The van der Waals surface area contributed by atoms with Gasteiger partial charge in [-0.1, -0.05) is 0 Å². The summed E-state index contributed by atoms with van der Waals surface area (Å²) >= 11 is 0. The van der Waals surface area contributed by atoms with Crippen molar-refractivity contribution in [2.24, 2.45) is 0 Å². The van der Waals surface area contributed by atoms with Crippen molar-refractivity contribution in [1.82, 2.24) is 9.80 Å². The Balaban J connectivity index is 2.05. The first-order valence-electron chi connectivity index (χ1n) is 4.94. The molecule has 0 saturated carbocycles. The molecular formula is C9H18N2O3. The average Bonchev–Trinajstić information content (AvgIpc) is 2.19. The lowest BCUT2D eigenvalue weighted by atomic mass is 10.3. The highest BCUT2D eigenvalue weighted by Crippen LogP contribution is 1.98. The highest BCUT2D eigenvalue weighted by atomic mass is 16.5. The lowest BCUT2D eigenvalue weighted by molar-refractivity contribution is 0.0364. The van der Waals surface area contributed by atoms with E-state index in [2.05, 4.69) is 4.90 Å².